The molecule has 122 valence electrons. The highest BCUT2D eigenvalue weighted by Crippen LogP contribution is 2.37. The first-order chi connectivity index (χ1) is 10.1. The molecular formula is C17H22F3NO. The molecule has 1 unspecified atom stereocenters. The van der Waals surface area contributed by atoms with E-state index in [1.54, 1.807) is 0 Å². The first-order valence-corrected chi connectivity index (χ1v) is 7.54. The number of rotatable bonds is 3. The molecule has 2 nitrogen and oxygen atoms in total. The first kappa shape index (κ1) is 16.8. The Labute approximate surface area is 129 Å². The predicted molar refractivity (Wildman–Crippen MR) is 79.2 cm³/mol. The number of amides is 1. The monoisotopic (exact) mass is 313 g/mol. The number of nitrogens with zero attached hydrogens (tertiary/aromatic N) is 1. The summed E-state index contributed by atoms with van der Waals surface area (Å²) in [5, 5.41) is 0. The molecule has 0 aliphatic carbocycles. The lowest BCUT2D eigenvalue weighted by Gasteiger charge is -2.33. The van der Waals surface area contributed by atoms with Crippen LogP contribution in [-0.4, -0.2) is 17.4 Å². The van der Waals surface area contributed by atoms with Crippen molar-refractivity contribution in [2.75, 3.05) is 6.54 Å². The molecule has 1 aromatic carbocycles. The molecule has 1 amide bonds. The molecule has 0 spiro atoms. The molecule has 1 saturated heterocycles. The highest BCUT2D eigenvalue weighted by atomic mass is 19.4. The molecule has 5 heteroatoms. The molecule has 1 heterocycles. The zero-order chi connectivity index (χ0) is 16.5. The van der Waals surface area contributed by atoms with Crippen LogP contribution in [0.15, 0.2) is 24.3 Å². The normalized spacial score (nSPS) is 17.9. The number of carbonyl (C=O) groups excluding carboxylic acids is 1. The molecule has 0 N–H and O–H groups in total. The van der Waals surface area contributed by atoms with E-state index in [1.165, 1.54) is 12.1 Å². The summed E-state index contributed by atoms with van der Waals surface area (Å²) in [6.45, 7) is 6.90. The Morgan fingerprint density at radius 2 is 1.73 bits per heavy atom. The summed E-state index contributed by atoms with van der Waals surface area (Å²) in [7, 11) is 0. The van der Waals surface area contributed by atoms with Crippen LogP contribution in [0.4, 0.5) is 13.2 Å². The van der Waals surface area contributed by atoms with E-state index < -0.39 is 11.7 Å². The molecule has 1 atom stereocenters. The fourth-order valence-electron chi connectivity index (χ4n) is 2.88. The van der Waals surface area contributed by atoms with Crippen LogP contribution in [-0.2, 0) is 11.0 Å². The van der Waals surface area contributed by atoms with E-state index in [0.29, 0.717) is 13.0 Å². The lowest BCUT2D eigenvalue weighted by molar-refractivity contribution is -0.137. The molecule has 0 radical (unpaired) electrons. The predicted octanol–water partition coefficient (Wildman–Crippen LogP) is 4.81. The average molecular weight is 313 g/mol. The lowest BCUT2D eigenvalue weighted by Crippen LogP contribution is -2.32. The molecule has 1 aliphatic heterocycles. The molecule has 1 aliphatic rings. The fraction of sp³-hybridized carbons (Fsp3) is 0.588. The van der Waals surface area contributed by atoms with Crippen LogP contribution < -0.4 is 0 Å². The molecule has 22 heavy (non-hydrogen) atoms. The van der Waals surface area contributed by atoms with Crippen molar-refractivity contribution < 1.29 is 18.0 Å². The van der Waals surface area contributed by atoms with E-state index in [9.17, 15) is 18.0 Å². The summed E-state index contributed by atoms with van der Waals surface area (Å²) in [4.78, 5) is 13.9. The standard InChI is InChI=1S/C17H22F3NO/c1-16(2,3)11-14(21-10-4-5-15(21)22)12-6-8-13(9-7-12)17(18,19)20/h6-9,14H,4-5,10-11H2,1-3H3. The number of hydrogen-bond donors (Lipinski definition) is 0. The number of likely N-dealkylation sites (tertiary alicyclic amines) is 1. The minimum Gasteiger partial charge on any atom is -0.336 e. The van der Waals surface area contributed by atoms with Gasteiger partial charge in [-0.1, -0.05) is 32.9 Å². The Hall–Kier alpha value is -1.52. The van der Waals surface area contributed by atoms with E-state index in [2.05, 4.69) is 20.8 Å². The molecule has 0 saturated carbocycles. The zero-order valence-electron chi connectivity index (χ0n) is 13.2. The van der Waals surface area contributed by atoms with Gasteiger partial charge < -0.3 is 4.90 Å². The molecule has 2 rings (SSSR count). The van der Waals surface area contributed by atoms with Gasteiger partial charge in [0.05, 0.1) is 11.6 Å². The number of alkyl halides is 3. The van der Waals surface area contributed by atoms with Crippen molar-refractivity contribution in [1.29, 1.82) is 0 Å². The van der Waals surface area contributed by atoms with Crippen molar-refractivity contribution >= 4 is 5.91 Å². The number of halogens is 3. The van der Waals surface area contributed by atoms with Crippen molar-refractivity contribution in [2.45, 2.75) is 52.3 Å². The SMILES string of the molecule is CC(C)(C)CC(c1ccc(C(F)(F)F)cc1)N1CCCC1=O. The van der Waals surface area contributed by atoms with Gasteiger partial charge in [-0.2, -0.15) is 13.2 Å². The van der Waals surface area contributed by atoms with E-state index in [4.69, 9.17) is 0 Å². The van der Waals surface area contributed by atoms with Crippen LogP contribution in [0.1, 0.15) is 57.2 Å². The molecule has 1 fully saturated rings. The molecule has 0 bridgehead atoms. The van der Waals surface area contributed by atoms with Crippen molar-refractivity contribution in [3.8, 4) is 0 Å². The Kier molecular flexibility index (Phi) is 4.54. The summed E-state index contributed by atoms with van der Waals surface area (Å²) in [6.07, 6.45) is -2.26. The maximum absolute atomic E-state index is 12.7. The van der Waals surface area contributed by atoms with Gasteiger partial charge in [-0.05, 0) is 36.0 Å². The highest BCUT2D eigenvalue weighted by molar-refractivity contribution is 5.78. The summed E-state index contributed by atoms with van der Waals surface area (Å²) in [5.41, 5.74) is 0.104. The second kappa shape index (κ2) is 5.94. The van der Waals surface area contributed by atoms with Gasteiger partial charge in [0.15, 0.2) is 0 Å². The zero-order valence-corrected chi connectivity index (χ0v) is 13.2. The molecule has 1 aromatic rings. The maximum Gasteiger partial charge on any atom is 0.416 e. The van der Waals surface area contributed by atoms with Gasteiger partial charge in [-0.25, -0.2) is 0 Å². The minimum absolute atomic E-state index is 0.0176. The van der Waals surface area contributed by atoms with Gasteiger partial charge in [-0.3, -0.25) is 4.79 Å². The Bertz CT molecular complexity index is 528. The van der Waals surface area contributed by atoms with Crippen molar-refractivity contribution in [2.24, 2.45) is 5.41 Å². The van der Waals surface area contributed by atoms with Crippen molar-refractivity contribution in [1.82, 2.24) is 4.90 Å². The van der Waals surface area contributed by atoms with Gasteiger partial charge >= 0.3 is 6.18 Å². The van der Waals surface area contributed by atoms with Crippen LogP contribution in [0.2, 0.25) is 0 Å². The quantitative estimate of drug-likeness (QED) is 0.784. The second-order valence-electron chi connectivity index (χ2n) is 7.09. The van der Waals surface area contributed by atoms with E-state index >= 15 is 0 Å². The topological polar surface area (TPSA) is 20.3 Å². The summed E-state index contributed by atoms with van der Waals surface area (Å²) in [6, 6.07) is 5.06. The largest absolute Gasteiger partial charge is 0.416 e. The number of benzene rings is 1. The third-order valence-corrected chi connectivity index (χ3v) is 3.91. The van der Waals surface area contributed by atoms with E-state index in [-0.39, 0.29) is 17.4 Å². The summed E-state index contributed by atoms with van der Waals surface area (Å²) in [5.74, 6) is 0.0918. The second-order valence-corrected chi connectivity index (χ2v) is 7.09. The van der Waals surface area contributed by atoms with Crippen molar-refractivity contribution in [3.63, 3.8) is 0 Å². The van der Waals surface area contributed by atoms with Crippen LogP contribution >= 0.6 is 0 Å². The van der Waals surface area contributed by atoms with Crippen LogP contribution in [0.5, 0.6) is 0 Å². The minimum atomic E-state index is -4.33. The number of carbonyl (C=O) groups is 1. The third-order valence-electron chi connectivity index (χ3n) is 3.91. The number of hydrogen-bond acceptors (Lipinski definition) is 1. The molecule has 0 aromatic heterocycles. The highest BCUT2D eigenvalue weighted by Gasteiger charge is 2.33. The fourth-order valence-corrected chi connectivity index (χ4v) is 2.88. The first-order valence-electron chi connectivity index (χ1n) is 7.54. The Morgan fingerprint density at radius 3 is 2.14 bits per heavy atom. The van der Waals surface area contributed by atoms with Crippen LogP contribution in [0.3, 0.4) is 0 Å². The van der Waals surface area contributed by atoms with Gasteiger partial charge in [0, 0.05) is 13.0 Å². The van der Waals surface area contributed by atoms with E-state index in [1.807, 2.05) is 4.90 Å². The van der Waals surface area contributed by atoms with Crippen LogP contribution in [0.25, 0.3) is 0 Å². The summed E-state index contributed by atoms with van der Waals surface area (Å²) >= 11 is 0. The van der Waals surface area contributed by atoms with E-state index in [0.717, 1.165) is 30.5 Å². The maximum atomic E-state index is 12.7. The van der Waals surface area contributed by atoms with Crippen molar-refractivity contribution in [3.05, 3.63) is 35.4 Å². The summed E-state index contributed by atoms with van der Waals surface area (Å²) < 4.78 is 38.1. The van der Waals surface area contributed by atoms with Gasteiger partial charge in [0.25, 0.3) is 0 Å². The average Bonchev–Trinajstić information content (AvgIpc) is 2.80. The van der Waals surface area contributed by atoms with Crippen LogP contribution in [0, 0.1) is 5.41 Å². The Morgan fingerprint density at radius 1 is 1.14 bits per heavy atom. The van der Waals surface area contributed by atoms with Gasteiger partial charge in [0.1, 0.15) is 0 Å². The smallest absolute Gasteiger partial charge is 0.336 e. The van der Waals surface area contributed by atoms with Gasteiger partial charge in [-0.15, -0.1) is 0 Å². The third kappa shape index (κ3) is 4.02. The van der Waals surface area contributed by atoms with Gasteiger partial charge in [0.2, 0.25) is 5.91 Å². The molecular weight excluding hydrogens is 291 g/mol. The lowest BCUT2D eigenvalue weighted by atomic mass is 9.84. The Balaban J connectivity index is 2.30.